The maximum atomic E-state index is 15.0. The van der Waals surface area contributed by atoms with Crippen molar-refractivity contribution in [2.45, 2.75) is 44.9 Å². The summed E-state index contributed by atoms with van der Waals surface area (Å²) in [6.45, 7) is 10.5. The van der Waals surface area contributed by atoms with Gasteiger partial charge in [0.1, 0.15) is 35.3 Å². The van der Waals surface area contributed by atoms with E-state index in [-0.39, 0.29) is 59.1 Å². The molecule has 2 saturated heterocycles. The van der Waals surface area contributed by atoms with E-state index in [0.717, 1.165) is 0 Å². The number of hydrogen-bond donors (Lipinski definition) is 2. The number of carbonyl (C=O) groups is 2. The first-order chi connectivity index (χ1) is 17.5. The summed E-state index contributed by atoms with van der Waals surface area (Å²) < 4.78 is 21.3. The summed E-state index contributed by atoms with van der Waals surface area (Å²) in [6, 6.07) is 3.63. The van der Waals surface area contributed by atoms with Crippen molar-refractivity contribution in [1.82, 2.24) is 14.8 Å². The molecule has 2 aromatic rings. The number of aliphatic hydroxyl groups is 1. The Balaban J connectivity index is 1.70. The van der Waals surface area contributed by atoms with Crippen LogP contribution in [0.5, 0.6) is 11.5 Å². The predicted octanol–water partition coefficient (Wildman–Crippen LogP) is 2.48. The van der Waals surface area contributed by atoms with Crippen LogP contribution in [-0.2, 0) is 4.79 Å². The number of halogens is 1. The van der Waals surface area contributed by atoms with Gasteiger partial charge in [-0.25, -0.2) is 9.37 Å². The lowest BCUT2D eigenvalue weighted by molar-refractivity contribution is -0.128. The molecule has 1 aromatic heterocycles. The summed E-state index contributed by atoms with van der Waals surface area (Å²) in [7, 11) is 0. The molecule has 0 radical (unpaired) electrons. The molecular formula is C27H31FN4O5. The molecule has 9 nitrogen and oxygen atoms in total. The molecule has 1 aromatic carbocycles. The summed E-state index contributed by atoms with van der Waals surface area (Å²) in [5.74, 6) is -0.903. The molecular weight excluding hydrogens is 479 g/mol. The highest BCUT2D eigenvalue weighted by Gasteiger charge is 2.45. The van der Waals surface area contributed by atoms with Crippen LogP contribution in [0.25, 0.3) is 11.3 Å². The summed E-state index contributed by atoms with van der Waals surface area (Å²) in [5, 5.41) is 21.1. The molecule has 0 spiro atoms. The number of hydrogen-bond acceptors (Lipinski definition) is 7. The van der Waals surface area contributed by atoms with Crippen LogP contribution in [0, 0.1) is 12.7 Å². The standard InChI is InChI=1S/C27H31FN4O5/c1-5-20(35)30-9-10-31-16(12-30)14-37-24-15(2)23(21-18(28)7-6-8-19(21)34)29-25(22(24)26(31)36)32-13-17(33)11-27(32,3)4/h5-8,16-17,33-34H,1,9-14H2,2-4H3/t16-,17-/m1/s1. The average Bonchev–Trinajstić information content (AvgIpc) is 3.04. The number of phenols is 1. The highest BCUT2D eigenvalue weighted by Crippen LogP contribution is 2.45. The van der Waals surface area contributed by atoms with E-state index in [4.69, 9.17) is 9.72 Å². The van der Waals surface area contributed by atoms with E-state index in [0.29, 0.717) is 31.6 Å². The Hall–Kier alpha value is -3.66. The third kappa shape index (κ3) is 4.09. The molecule has 4 heterocycles. The number of rotatable bonds is 3. The predicted molar refractivity (Wildman–Crippen MR) is 135 cm³/mol. The number of aromatic nitrogens is 1. The molecule has 0 saturated carbocycles. The number of fused-ring (bicyclic) bond motifs is 2. The molecule has 3 aliphatic heterocycles. The number of amides is 2. The van der Waals surface area contributed by atoms with Gasteiger partial charge in [-0.1, -0.05) is 12.6 Å². The number of β-amino-alcohol motifs (C(OH)–C–C–N with tert-alkyl or cyclic N) is 1. The maximum Gasteiger partial charge on any atom is 0.261 e. The first kappa shape index (κ1) is 25.0. The van der Waals surface area contributed by atoms with Crippen LogP contribution in [0.2, 0.25) is 0 Å². The Bertz CT molecular complexity index is 1280. The Morgan fingerprint density at radius 3 is 2.68 bits per heavy atom. The van der Waals surface area contributed by atoms with E-state index in [1.54, 1.807) is 16.7 Å². The van der Waals surface area contributed by atoms with Gasteiger partial charge >= 0.3 is 0 Å². The summed E-state index contributed by atoms with van der Waals surface area (Å²) in [6.07, 6.45) is 1.07. The molecule has 37 heavy (non-hydrogen) atoms. The number of piperazine rings is 1. The molecule has 0 aliphatic carbocycles. The molecule has 2 N–H and O–H groups in total. The summed E-state index contributed by atoms with van der Waals surface area (Å²) >= 11 is 0. The third-order valence-corrected chi connectivity index (χ3v) is 7.57. The SMILES string of the molecule is C=CC(=O)N1CCN2C(=O)c3c(N4C[C@H](O)CC4(C)C)nc(-c4c(O)cccc4F)c(C)c3OC[C@H]2C1. The van der Waals surface area contributed by atoms with Crippen molar-refractivity contribution in [3.05, 3.63) is 47.8 Å². The van der Waals surface area contributed by atoms with Gasteiger partial charge in [0.2, 0.25) is 5.91 Å². The Labute approximate surface area is 214 Å². The third-order valence-electron chi connectivity index (χ3n) is 7.57. The van der Waals surface area contributed by atoms with Crippen LogP contribution >= 0.6 is 0 Å². The molecule has 2 amide bonds. The van der Waals surface area contributed by atoms with Gasteiger partial charge in [-0.2, -0.15) is 0 Å². The fourth-order valence-corrected chi connectivity index (χ4v) is 5.70. The Morgan fingerprint density at radius 1 is 1.27 bits per heavy atom. The van der Waals surface area contributed by atoms with Gasteiger partial charge in [0, 0.05) is 37.3 Å². The molecule has 0 bridgehead atoms. The minimum Gasteiger partial charge on any atom is -0.507 e. The number of anilines is 1. The largest absolute Gasteiger partial charge is 0.507 e. The van der Waals surface area contributed by atoms with Crippen molar-refractivity contribution in [3.8, 4) is 22.8 Å². The number of pyridine rings is 1. The molecule has 10 heteroatoms. The molecule has 5 rings (SSSR count). The molecule has 3 aliphatic rings. The molecule has 196 valence electrons. The van der Waals surface area contributed by atoms with Gasteiger partial charge in [-0.3, -0.25) is 9.59 Å². The number of aliphatic hydroxyl groups excluding tert-OH is 1. The van der Waals surface area contributed by atoms with E-state index < -0.39 is 23.5 Å². The van der Waals surface area contributed by atoms with Crippen LogP contribution in [0.15, 0.2) is 30.9 Å². The average molecular weight is 511 g/mol. The van der Waals surface area contributed by atoms with Crippen LogP contribution in [0.1, 0.15) is 36.2 Å². The summed E-state index contributed by atoms with van der Waals surface area (Å²) in [5.41, 5.74) is 0.194. The second-order valence-corrected chi connectivity index (χ2v) is 10.5. The smallest absolute Gasteiger partial charge is 0.261 e. The first-order valence-electron chi connectivity index (χ1n) is 12.4. The quantitative estimate of drug-likeness (QED) is 0.611. The zero-order chi connectivity index (χ0) is 26.6. The second-order valence-electron chi connectivity index (χ2n) is 10.5. The monoisotopic (exact) mass is 510 g/mol. The van der Waals surface area contributed by atoms with Gasteiger partial charge < -0.3 is 29.6 Å². The molecule has 0 unspecified atom stereocenters. The fraction of sp³-hybridized carbons (Fsp3) is 0.444. The van der Waals surface area contributed by atoms with Crippen LogP contribution < -0.4 is 9.64 Å². The maximum absolute atomic E-state index is 15.0. The van der Waals surface area contributed by atoms with E-state index >= 15 is 4.39 Å². The van der Waals surface area contributed by atoms with Crippen molar-refractivity contribution in [1.29, 1.82) is 0 Å². The van der Waals surface area contributed by atoms with Crippen LogP contribution in [-0.4, -0.2) is 87.3 Å². The van der Waals surface area contributed by atoms with E-state index in [1.165, 1.54) is 24.3 Å². The Kier molecular flexibility index (Phi) is 6.10. The van der Waals surface area contributed by atoms with Crippen molar-refractivity contribution >= 4 is 17.6 Å². The number of aromatic hydroxyl groups is 1. The first-order valence-corrected chi connectivity index (χ1v) is 12.4. The lowest BCUT2D eigenvalue weighted by Crippen LogP contribution is -2.57. The number of benzene rings is 1. The van der Waals surface area contributed by atoms with Gasteiger partial charge in [-0.05, 0) is 45.4 Å². The van der Waals surface area contributed by atoms with E-state index in [1.807, 2.05) is 18.7 Å². The highest BCUT2D eigenvalue weighted by molar-refractivity contribution is 6.04. The lowest BCUT2D eigenvalue weighted by atomic mass is 9.98. The van der Waals surface area contributed by atoms with Gasteiger partial charge in [0.05, 0.1) is 23.4 Å². The zero-order valence-corrected chi connectivity index (χ0v) is 21.2. The summed E-state index contributed by atoms with van der Waals surface area (Å²) in [4.78, 5) is 36.3. The normalized spacial score (nSPS) is 22.7. The van der Waals surface area contributed by atoms with Crippen molar-refractivity contribution in [2.24, 2.45) is 0 Å². The van der Waals surface area contributed by atoms with Crippen LogP contribution in [0.4, 0.5) is 10.2 Å². The highest BCUT2D eigenvalue weighted by atomic mass is 19.1. The molecule has 2 fully saturated rings. The number of carbonyl (C=O) groups excluding carboxylic acids is 2. The number of ether oxygens (including phenoxy) is 1. The van der Waals surface area contributed by atoms with Crippen LogP contribution in [0.3, 0.4) is 0 Å². The van der Waals surface area contributed by atoms with E-state index in [9.17, 15) is 19.8 Å². The Morgan fingerprint density at radius 2 is 2.03 bits per heavy atom. The van der Waals surface area contributed by atoms with Gasteiger partial charge in [0.25, 0.3) is 5.91 Å². The minimum absolute atomic E-state index is 0.0811. The lowest BCUT2D eigenvalue weighted by Gasteiger charge is -2.40. The second kappa shape index (κ2) is 9.02. The van der Waals surface area contributed by atoms with Crippen molar-refractivity contribution in [3.63, 3.8) is 0 Å². The molecule has 2 atom stereocenters. The number of phenolic OH excluding ortho intramolecular Hbond substituents is 1. The van der Waals surface area contributed by atoms with Gasteiger partial charge in [-0.15, -0.1) is 0 Å². The zero-order valence-electron chi connectivity index (χ0n) is 21.2. The van der Waals surface area contributed by atoms with Crippen molar-refractivity contribution < 1.29 is 28.9 Å². The van der Waals surface area contributed by atoms with Gasteiger partial charge in [0.15, 0.2) is 0 Å². The number of nitrogens with zero attached hydrogens (tertiary/aromatic N) is 4. The van der Waals surface area contributed by atoms with Crippen molar-refractivity contribution in [2.75, 3.05) is 37.7 Å². The fourth-order valence-electron chi connectivity index (χ4n) is 5.70. The minimum atomic E-state index is -0.654. The van der Waals surface area contributed by atoms with E-state index in [2.05, 4.69) is 6.58 Å². The topological polar surface area (TPSA) is 106 Å².